The van der Waals surface area contributed by atoms with Crippen LogP contribution in [0, 0.1) is 0 Å². The van der Waals surface area contributed by atoms with Crippen molar-refractivity contribution in [2.24, 2.45) is 4.99 Å². The van der Waals surface area contributed by atoms with E-state index in [2.05, 4.69) is 15.2 Å². The zero-order valence-corrected chi connectivity index (χ0v) is 13.9. The molecule has 128 valence electrons. The van der Waals surface area contributed by atoms with E-state index in [0.29, 0.717) is 24.3 Å². The summed E-state index contributed by atoms with van der Waals surface area (Å²) in [6, 6.07) is 13.8. The summed E-state index contributed by atoms with van der Waals surface area (Å²) in [5.74, 6) is -0.577. The van der Waals surface area contributed by atoms with E-state index in [1.54, 1.807) is 36.4 Å². The van der Waals surface area contributed by atoms with Gasteiger partial charge < -0.3 is 15.3 Å². The average molecular weight is 337 g/mol. The van der Waals surface area contributed by atoms with Crippen molar-refractivity contribution >= 4 is 28.8 Å². The molecule has 25 heavy (non-hydrogen) atoms. The molecule has 1 amide bonds. The number of phenols is 1. The number of amides is 1. The molecule has 0 unspecified atom stereocenters. The summed E-state index contributed by atoms with van der Waals surface area (Å²) >= 11 is 0. The highest BCUT2D eigenvalue weighted by Crippen LogP contribution is 2.25. The lowest BCUT2D eigenvalue weighted by Crippen LogP contribution is -2.39. The second kappa shape index (κ2) is 7.17. The predicted molar refractivity (Wildman–Crippen MR) is 96.9 cm³/mol. The molecule has 0 fully saturated rings. The lowest BCUT2D eigenvalue weighted by atomic mass is 10.1. The highest BCUT2D eigenvalue weighted by Gasteiger charge is 2.29. The number of rotatable bonds is 6. The summed E-state index contributed by atoms with van der Waals surface area (Å²) in [4.78, 5) is 30.7. The van der Waals surface area contributed by atoms with Gasteiger partial charge in [-0.15, -0.1) is 0 Å². The van der Waals surface area contributed by atoms with Crippen molar-refractivity contribution in [3.8, 4) is 5.75 Å². The number of phenolic OH excluding ortho intramolecular Hbond substituents is 1. The van der Waals surface area contributed by atoms with Gasteiger partial charge in [0.2, 0.25) is 5.78 Å². The molecular weight excluding hydrogens is 318 g/mol. The van der Waals surface area contributed by atoms with Crippen molar-refractivity contribution in [3.05, 3.63) is 54.1 Å². The number of hydrogen-bond donors (Lipinski definition) is 2. The third-order valence-electron chi connectivity index (χ3n) is 4.07. The highest BCUT2D eigenvalue weighted by molar-refractivity contribution is 6.70. The van der Waals surface area contributed by atoms with Crippen molar-refractivity contribution < 1.29 is 14.7 Å². The third-order valence-corrected chi connectivity index (χ3v) is 4.07. The summed E-state index contributed by atoms with van der Waals surface area (Å²) in [6.07, 6.45) is 0. The van der Waals surface area contributed by atoms with Gasteiger partial charge in [-0.1, -0.05) is 12.1 Å². The third kappa shape index (κ3) is 3.52. The number of nitrogens with zero attached hydrogens (tertiary/aromatic N) is 2. The van der Waals surface area contributed by atoms with Crippen LogP contribution < -0.4 is 10.2 Å². The largest absolute Gasteiger partial charge is 0.508 e. The van der Waals surface area contributed by atoms with Crippen LogP contribution >= 0.6 is 0 Å². The fourth-order valence-corrected chi connectivity index (χ4v) is 2.74. The number of aromatic hydroxyl groups is 1. The second-order valence-corrected chi connectivity index (χ2v) is 5.66. The maximum Gasteiger partial charge on any atom is 0.274 e. The quantitative estimate of drug-likeness (QED) is 0.847. The van der Waals surface area contributed by atoms with Gasteiger partial charge >= 0.3 is 0 Å². The first-order valence-corrected chi connectivity index (χ1v) is 8.14. The van der Waals surface area contributed by atoms with Crippen LogP contribution in [0.5, 0.6) is 5.75 Å². The molecule has 2 aromatic rings. The number of nitrogens with one attached hydrogen (secondary N) is 1. The summed E-state index contributed by atoms with van der Waals surface area (Å²) in [5.41, 5.74) is 1.90. The normalized spacial score (nSPS) is 12.5. The van der Waals surface area contributed by atoms with Crippen molar-refractivity contribution in [1.29, 1.82) is 0 Å². The van der Waals surface area contributed by atoms with Crippen molar-refractivity contribution in [2.75, 3.05) is 24.5 Å². The number of likely N-dealkylation sites (N-methyl/N-ethyl adjacent to an activating group) is 1. The topological polar surface area (TPSA) is 82.0 Å². The van der Waals surface area contributed by atoms with Gasteiger partial charge in [0.1, 0.15) is 5.75 Å². The fraction of sp³-hybridized carbons (Fsp3) is 0.211. The van der Waals surface area contributed by atoms with Gasteiger partial charge in [0.05, 0.1) is 11.3 Å². The Morgan fingerprint density at radius 3 is 2.56 bits per heavy atom. The number of para-hydroxylation sites is 1. The molecule has 0 bridgehead atoms. The molecule has 2 aromatic carbocycles. The van der Waals surface area contributed by atoms with Gasteiger partial charge in [-0.3, -0.25) is 9.59 Å². The van der Waals surface area contributed by atoms with E-state index in [0.717, 1.165) is 12.2 Å². The van der Waals surface area contributed by atoms with E-state index in [4.69, 9.17) is 0 Å². The van der Waals surface area contributed by atoms with E-state index in [1.807, 2.05) is 19.1 Å². The van der Waals surface area contributed by atoms with Gasteiger partial charge in [0.25, 0.3) is 5.91 Å². The Labute approximate surface area is 145 Å². The molecule has 1 heterocycles. The van der Waals surface area contributed by atoms with Crippen LogP contribution in [0.15, 0.2) is 53.5 Å². The number of carbonyl (C=O) groups is 2. The van der Waals surface area contributed by atoms with Crippen LogP contribution in [-0.4, -0.2) is 42.1 Å². The van der Waals surface area contributed by atoms with Gasteiger partial charge in [0, 0.05) is 25.3 Å². The fourth-order valence-electron chi connectivity index (χ4n) is 2.74. The van der Waals surface area contributed by atoms with Crippen LogP contribution in [0.2, 0.25) is 0 Å². The van der Waals surface area contributed by atoms with E-state index >= 15 is 0 Å². The number of Topliss-reactive ketones (excluding diaryl/α,β-unsaturated/α-hetero) is 1. The first-order chi connectivity index (χ1) is 12.1. The first kappa shape index (κ1) is 16.7. The van der Waals surface area contributed by atoms with Gasteiger partial charge in [-0.25, -0.2) is 4.99 Å². The highest BCUT2D eigenvalue weighted by atomic mass is 16.3. The number of aliphatic imine (C=N–C) groups is 1. The standard InChI is InChI=1S/C19H19N3O3/c1-2-22(13-7-9-14(23)10-8-13)12-11-20-19(25)17-18(24)15-5-3-4-6-16(15)21-17/h3-10,23H,2,11-12H2,1H3,(H,20,25). The number of carbonyl (C=O) groups excluding carboxylic acids is 2. The Hall–Kier alpha value is -3.15. The lowest BCUT2D eigenvalue weighted by molar-refractivity contribution is -0.114. The van der Waals surface area contributed by atoms with E-state index in [1.165, 1.54) is 0 Å². The molecule has 3 rings (SSSR count). The van der Waals surface area contributed by atoms with Crippen LogP contribution in [0.25, 0.3) is 0 Å². The maximum atomic E-state index is 12.3. The average Bonchev–Trinajstić information content (AvgIpc) is 2.97. The Balaban J connectivity index is 1.58. The Morgan fingerprint density at radius 1 is 1.16 bits per heavy atom. The molecule has 0 aliphatic carbocycles. The predicted octanol–water partition coefficient (Wildman–Crippen LogP) is 2.30. The van der Waals surface area contributed by atoms with Gasteiger partial charge in [0.15, 0.2) is 5.71 Å². The zero-order valence-electron chi connectivity index (χ0n) is 13.9. The van der Waals surface area contributed by atoms with Gasteiger partial charge in [-0.05, 0) is 43.3 Å². The van der Waals surface area contributed by atoms with E-state index in [-0.39, 0.29) is 17.2 Å². The number of fused-ring (bicyclic) bond motifs is 1. The molecule has 6 nitrogen and oxygen atoms in total. The minimum atomic E-state index is -0.456. The van der Waals surface area contributed by atoms with Crippen molar-refractivity contribution in [2.45, 2.75) is 6.92 Å². The summed E-state index contributed by atoms with van der Waals surface area (Å²) in [7, 11) is 0. The second-order valence-electron chi connectivity index (χ2n) is 5.66. The van der Waals surface area contributed by atoms with Crippen LogP contribution in [-0.2, 0) is 4.79 Å². The van der Waals surface area contributed by atoms with Gasteiger partial charge in [-0.2, -0.15) is 0 Å². The summed E-state index contributed by atoms with van der Waals surface area (Å²) in [6.45, 7) is 3.74. The zero-order chi connectivity index (χ0) is 17.8. The maximum absolute atomic E-state index is 12.3. The number of anilines is 1. The summed E-state index contributed by atoms with van der Waals surface area (Å²) in [5, 5.41) is 12.1. The molecule has 0 atom stereocenters. The molecular formula is C19H19N3O3. The minimum absolute atomic E-state index is 0.0612. The van der Waals surface area contributed by atoms with Crippen LogP contribution in [0.1, 0.15) is 17.3 Å². The molecule has 0 spiro atoms. The molecule has 2 N–H and O–H groups in total. The molecule has 0 radical (unpaired) electrons. The molecule has 0 aromatic heterocycles. The molecule has 0 saturated carbocycles. The first-order valence-electron chi connectivity index (χ1n) is 8.14. The van der Waals surface area contributed by atoms with Crippen LogP contribution in [0.3, 0.4) is 0 Å². The Kier molecular flexibility index (Phi) is 4.79. The van der Waals surface area contributed by atoms with E-state index < -0.39 is 5.91 Å². The molecule has 6 heteroatoms. The molecule has 1 aliphatic rings. The van der Waals surface area contributed by atoms with E-state index in [9.17, 15) is 14.7 Å². The monoisotopic (exact) mass is 337 g/mol. The Morgan fingerprint density at radius 2 is 1.88 bits per heavy atom. The number of hydrogen-bond acceptors (Lipinski definition) is 5. The molecule has 1 aliphatic heterocycles. The smallest absolute Gasteiger partial charge is 0.274 e. The summed E-state index contributed by atoms with van der Waals surface area (Å²) < 4.78 is 0. The minimum Gasteiger partial charge on any atom is -0.508 e. The lowest BCUT2D eigenvalue weighted by Gasteiger charge is -2.23. The van der Waals surface area contributed by atoms with Crippen molar-refractivity contribution in [3.63, 3.8) is 0 Å². The molecule has 0 saturated heterocycles. The van der Waals surface area contributed by atoms with Crippen molar-refractivity contribution in [1.82, 2.24) is 5.32 Å². The number of ketones is 1. The SMILES string of the molecule is CCN(CCNC(=O)C1=Nc2ccccc2C1=O)c1ccc(O)cc1. The Bertz CT molecular complexity index is 828. The van der Waals surface area contributed by atoms with Crippen LogP contribution in [0.4, 0.5) is 11.4 Å². The number of benzene rings is 2.